The van der Waals surface area contributed by atoms with Crippen LogP contribution in [0.3, 0.4) is 0 Å². The van der Waals surface area contributed by atoms with Crippen molar-refractivity contribution in [3.8, 4) is 11.1 Å². The molecule has 3 aromatic rings. The lowest BCUT2D eigenvalue weighted by molar-refractivity contribution is -0.137. The van der Waals surface area contributed by atoms with Gasteiger partial charge in [0.15, 0.2) is 0 Å². The van der Waals surface area contributed by atoms with Crippen molar-refractivity contribution in [3.63, 3.8) is 0 Å². The summed E-state index contributed by atoms with van der Waals surface area (Å²) in [7, 11) is 1.76. The van der Waals surface area contributed by atoms with Gasteiger partial charge in [-0.25, -0.2) is 4.79 Å². The Hall–Kier alpha value is -3.85. The molecule has 0 radical (unpaired) electrons. The Morgan fingerprint density at radius 1 is 0.857 bits per heavy atom. The molecule has 0 aliphatic carbocycles. The molecule has 0 aromatic heterocycles. The Balaban J connectivity index is 1.08. The lowest BCUT2D eigenvalue weighted by Gasteiger charge is -2.27. The topological polar surface area (TPSA) is 55.9 Å². The van der Waals surface area contributed by atoms with E-state index in [2.05, 4.69) is 29.6 Å². The summed E-state index contributed by atoms with van der Waals surface area (Å²) in [6, 6.07) is 22.6. The molecule has 0 saturated carbocycles. The average molecular weight is 579 g/mol. The van der Waals surface area contributed by atoms with Crippen LogP contribution in [0.25, 0.3) is 11.1 Å². The number of alkyl halides is 3. The highest BCUT2D eigenvalue weighted by atomic mass is 19.4. The highest BCUT2D eigenvalue weighted by molar-refractivity contribution is 5.95. The number of aryl methyl sites for hydroxylation is 1. The summed E-state index contributed by atoms with van der Waals surface area (Å²) in [6.45, 7) is 3.46. The summed E-state index contributed by atoms with van der Waals surface area (Å²) in [4.78, 5) is 31.9. The van der Waals surface area contributed by atoms with Crippen molar-refractivity contribution in [3.05, 3.63) is 95.6 Å². The lowest BCUT2D eigenvalue weighted by Crippen LogP contribution is -2.45. The first kappa shape index (κ1) is 29.6. The molecule has 42 heavy (non-hydrogen) atoms. The molecule has 2 heterocycles. The van der Waals surface area contributed by atoms with E-state index < -0.39 is 11.7 Å². The van der Waals surface area contributed by atoms with Gasteiger partial charge in [0.25, 0.3) is 5.91 Å². The van der Waals surface area contributed by atoms with Crippen molar-refractivity contribution < 1.29 is 22.8 Å². The fraction of sp³-hybridized carbons (Fsp3) is 0.394. The lowest BCUT2D eigenvalue weighted by atomic mass is 10.0. The zero-order valence-corrected chi connectivity index (χ0v) is 23.8. The van der Waals surface area contributed by atoms with E-state index >= 15 is 0 Å². The van der Waals surface area contributed by atoms with Crippen LogP contribution in [0.15, 0.2) is 78.9 Å². The Kier molecular flexibility index (Phi) is 9.16. The van der Waals surface area contributed by atoms with Crippen LogP contribution in [0.2, 0.25) is 0 Å². The molecule has 6 nitrogen and oxygen atoms in total. The first-order chi connectivity index (χ1) is 20.2. The number of likely N-dealkylation sites (N-methyl/N-ethyl adjacent to an activating group) is 1. The van der Waals surface area contributed by atoms with E-state index in [0.29, 0.717) is 43.2 Å². The van der Waals surface area contributed by atoms with Crippen LogP contribution in [0.5, 0.6) is 0 Å². The number of carbonyl (C=O) groups is 2. The number of likely N-dealkylation sites (tertiary alicyclic amines) is 2. The summed E-state index contributed by atoms with van der Waals surface area (Å²) >= 11 is 0. The monoisotopic (exact) mass is 578 g/mol. The molecule has 0 bridgehead atoms. The van der Waals surface area contributed by atoms with Crippen molar-refractivity contribution >= 4 is 11.9 Å². The second-order valence-electron chi connectivity index (χ2n) is 11.2. The van der Waals surface area contributed by atoms with E-state index in [9.17, 15) is 22.8 Å². The van der Waals surface area contributed by atoms with Gasteiger partial charge in [-0.05, 0) is 73.2 Å². The van der Waals surface area contributed by atoms with Crippen LogP contribution >= 0.6 is 0 Å². The minimum absolute atomic E-state index is 0.0350. The third-order valence-electron chi connectivity index (χ3n) is 8.36. The van der Waals surface area contributed by atoms with Crippen molar-refractivity contribution in [1.29, 1.82) is 0 Å². The molecule has 5 rings (SSSR count). The maximum absolute atomic E-state index is 13.2. The fourth-order valence-corrected chi connectivity index (χ4v) is 5.80. The minimum Gasteiger partial charge on any atom is -0.337 e. The molecule has 2 aliphatic rings. The van der Waals surface area contributed by atoms with Crippen LogP contribution in [-0.2, 0) is 12.6 Å². The molecule has 1 N–H and O–H groups in total. The zero-order valence-electron chi connectivity index (χ0n) is 23.8. The van der Waals surface area contributed by atoms with Gasteiger partial charge in [-0.2, -0.15) is 13.2 Å². The van der Waals surface area contributed by atoms with Gasteiger partial charge in [0.05, 0.1) is 11.6 Å². The second kappa shape index (κ2) is 13.0. The van der Waals surface area contributed by atoms with Gasteiger partial charge in [0.1, 0.15) is 0 Å². The number of hydrogen-bond donors (Lipinski definition) is 1. The van der Waals surface area contributed by atoms with Gasteiger partial charge in [0, 0.05) is 44.8 Å². The van der Waals surface area contributed by atoms with Crippen LogP contribution < -0.4 is 5.32 Å². The number of amides is 3. The quantitative estimate of drug-likeness (QED) is 0.337. The highest BCUT2D eigenvalue weighted by Gasteiger charge is 2.35. The molecule has 2 fully saturated rings. The normalized spacial score (nSPS) is 18.9. The van der Waals surface area contributed by atoms with Crippen LogP contribution in [0.1, 0.15) is 40.7 Å². The van der Waals surface area contributed by atoms with Crippen LogP contribution in [-0.4, -0.2) is 78.5 Å². The molecule has 9 heteroatoms. The smallest absolute Gasteiger partial charge is 0.337 e. The number of nitrogens with one attached hydrogen (secondary N) is 1. The molecule has 2 aliphatic heterocycles. The first-order valence-electron chi connectivity index (χ1n) is 14.5. The number of nitrogens with zero attached hydrogens (tertiary/aromatic N) is 3. The van der Waals surface area contributed by atoms with Crippen molar-refractivity contribution in [2.24, 2.45) is 0 Å². The number of carbonyl (C=O) groups excluding carboxylic acids is 2. The van der Waals surface area contributed by atoms with Gasteiger partial charge in [-0.3, -0.25) is 4.79 Å². The number of urea groups is 1. The summed E-state index contributed by atoms with van der Waals surface area (Å²) < 4.78 is 38.6. The van der Waals surface area contributed by atoms with Crippen molar-refractivity contribution in [2.45, 2.75) is 43.9 Å². The van der Waals surface area contributed by atoms with Crippen LogP contribution in [0.4, 0.5) is 18.0 Å². The SMILES string of the molecule is CN(C(=O)c1ccc(-c2ccc(C(F)(F)F)cc2)cc1)[C@@H]1CCN(C(=O)N2CC[C@@H](NCCCc3ccccc3)C2)C1. The summed E-state index contributed by atoms with van der Waals surface area (Å²) in [6.07, 6.45) is -0.632. The third-order valence-corrected chi connectivity index (χ3v) is 8.36. The molecule has 0 unspecified atom stereocenters. The fourth-order valence-electron chi connectivity index (χ4n) is 5.80. The van der Waals surface area contributed by atoms with Gasteiger partial charge < -0.3 is 20.0 Å². The number of halogens is 3. The highest BCUT2D eigenvalue weighted by Crippen LogP contribution is 2.31. The number of benzene rings is 3. The van der Waals surface area contributed by atoms with E-state index in [4.69, 9.17) is 0 Å². The molecule has 2 saturated heterocycles. The molecule has 3 aromatic carbocycles. The molecule has 0 spiro atoms. The van der Waals surface area contributed by atoms with E-state index in [1.165, 1.54) is 17.7 Å². The maximum atomic E-state index is 13.2. The van der Waals surface area contributed by atoms with E-state index in [1.807, 2.05) is 15.9 Å². The van der Waals surface area contributed by atoms with Crippen molar-refractivity contribution in [1.82, 2.24) is 20.0 Å². The molecule has 3 amide bonds. The van der Waals surface area contributed by atoms with Gasteiger partial charge in [-0.1, -0.05) is 54.6 Å². The summed E-state index contributed by atoms with van der Waals surface area (Å²) in [5.74, 6) is -0.144. The summed E-state index contributed by atoms with van der Waals surface area (Å²) in [5.41, 5.74) is 2.52. The Bertz CT molecular complexity index is 1350. The minimum atomic E-state index is -4.38. The molecule has 2 atom stereocenters. The Labute approximate surface area is 245 Å². The average Bonchev–Trinajstić information content (AvgIpc) is 3.69. The largest absolute Gasteiger partial charge is 0.416 e. The number of rotatable bonds is 8. The molecule has 222 valence electrons. The predicted molar refractivity (Wildman–Crippen MR) is 157 cm³/mol. The van der Waals surface area contributed by atoms with Gasteiger partial charge in [-0.15, -0.1) is 0 Å². The van der Waals surface area contributed by atoms with E-state index in [1.54, 1.807) is 36.2 Å². The maximum Gasteiger partial charge on any atom is 0.416 e. The standard InChI is InChI=1S/C33H37F3N4O2/c1-38(31(41)27-11-9-25(10-12-27)26-13-15-28(16-14-26)33(34,35)36)30-18-21-40(23-30)32(42)39-20-17-29(22-39)37-19-5-8-24-6-3-2-4-7-24/h2-4,6-7,9-16,29-30,37H,5,8,17-23H2,1H3/t29-,30-/m1/s1. The first-order valence-corrected chi connectivity index (χ1v) is 14.5. The third kappa shape index (κ3) is 7.13. The Morgan fingerprint density at radius 3 is 2.14 bits per heavy atom. The summed E-state index contributed by atoms with van der Waals surface area (Å²) in [5, 5.41) is 3.60. The molecular formula is C33H37F3N4O2. The van der Waals surface area contributed by atoms with Gasteiger partial charge >= 0.3 is 12.2 Å². The van der Waals surface area contributed by atoms with Crippen LogP contribution in [0, 0.1) is 0 Å². The Morgan fingerprint density at radius 2 is 1.48 bits per heavy atom. The van der Waals surface area contributed by atoms with E-state index in [-0.39, 0.29) is 18.0 Å². The van der Waals surface area contributed by atoms with Crippen molar-refractivity contribution in [2.75, 3.05) is 39.8 Å². The molecular weight excluding hydrogens is 541 g/mol. The van der Waals surface area contributed by atoms with E-state index in [0.717, 1.165) is 50.0 Å². The predicted octanol–water partition coefficient (Wildman–Crippen LogP) is 5.94. The second-order valence-corrected chi connectivity index (χ2v) is 11.2. The zero-order chi connectivity index (χ0) is 29.7. The number of hydrogen-bond acceptors (Lipinski definition) is 3. The van der Waals surface area contributed by atoms with Gasteiger partial charge in [0.2, 0.25) is 0 Å².